The van der Waals surface area contributed by atoms with Crippen LogP contribution in [0.15, 0.2) is 54.9 Å². The summed E-state index contributed by atoms with van der Waals surface area (Å²) in [5.41, 5.74) is 5.78. The van der Waals surface area contributed by atoms with E-state index in [1.807, 2.05) is 30.3 Å². The molecule has 37 heavy (non-hydrogen) atoms. The Balaban J connectivity index is 1.27. The summed E-state index contributed by atoms with van der Waals surface area (Å²) in [5, 5.41) is 11.1. The molecule has 0 aliphatic carbocycles. The third kappa shape index (κ3) is 5.80. The molecular formula is C29H30N6O2. The number of pyridine rings is 1. The summed E-state index contributed by atoms with van der Waals surface area (Å²) in [6.07, 6.45) is 3.19. The van der Waals surface area contributed by atoms with E-state index >= 15 is 0 Å². The second-order valence-corrected chi connectivity index (χ2v) is 9.37. The molecular weight excluding hydrogens is 464 g/mol. The summed E-state index contributed by atoms with van der Waals surface area (Å²) in [6.45, 7) is 7.36. The topological polar surface area (TPSA) is 86.4 Å². The molecule has 2 N–H and O–H groups in total. The first-order valence-electron chi connectivity index (χ1n) is 12.3. The van der Waals surface area contributed by atoms with Crippen molar-refractivity contribution in [1.82, 2.24) is 25.0 Å². The fourth-order valence-corrected chi connectivity index (χ4v) is 4.38. The van der Waals surface area contributed by atoms with Crippen molar-refractivity contribution < 1.29 is 9.53 Å². The van der Waals surface area contributed by atoms with Crippen molar-refractivity contribution in [1.29, 1.82) is 0 Å². The molecule has 1 aliphatic rings. The van der Waals surface area contributed by atoms with E-state index in [0.29, 0.717) is 16.8 Å². The van der Waals surface area contributed by atoms with Gasteiger partial charge < -0.3 is 15.0 Å². The van der Waals surface area contributed by atoms with Gasteiger partial charge in [-0.2, -0.15) is 5.10 Å². The highest BCUT2D eigenvalue weighted by Crippen LogP contribution is 2.22. The molecule has 1 fully saturated rings. The normalized spacial score (nSPS) is 14.2. The van der Waals surface area contributed by atoms with Crippen molar-refractivity contribution >= 4 is 22.5 Å². The molecule has 0 saturated carbocycles. The summed E-state index contributed by atoms with van der Waals surface area (Å²) in [5.74, 6) is 6.69. The fraction of sp³-hybridized carbons (Fsp3) is 0.276. The first-order chi connectivity index (χ1) is 18.0. The van der Waals surface area contributed by atoms with Gasteiger partial charge in [0.2, 0.25) is 0 Å². The zero-order valence-corrected chi connectivity index (χ0v) is 21.3. The van der Waals surface area contributed by atoms with E-state index in [2.05, 4.69) is 62.2 Å². The van der Waals surface area contributed by atoms with Crippen LogP contribution in [0.5, 0.6) is 5.75 Å². The molecule has 0 atom stereocenters. The Bertz CT molecular complexity index is 1490. The fourth-order valence-electron chi connectivity index (χ4n) is 4.38. The van der Waals surface area contributed by atoms with E-state index < -0.39 is 0 Å². The van der Waals surface area contributed by atoms with Gasteiger partial charge in [0, 0.05) is 61.8 Å². The molecule has 0 radical (unpaired) electrons. The van der Waals surface area contributed by atoms with Crippen molar-refractivity contribution in [2.24, 2.45) is 0 Å². The lowest BCUT2D eigenvalue weighted by atomic mass is 10.1. The molecule has 2 aromatic carbocycles. The number of H-pyrrole nitrogens is 1. The average molecular weight is 495 g/mol. The maximum atomic E-state index is 12.9. The summed E-state index contributed by atoms with van der Waals surface area (Å²) in [6, 6.07) is 13.5. The van der Waals surface area contributed by atoms with Crippen LogP contribution in [0, 0.1) is 18.8 Å². The number of nitrogens with zero attached hydrogens (tertiary/aromatic N) is 4. The number of nitrogens with one attached hydrogen (secondary N) is 2. The number of carbonyl (C=O) groups is 1. The van der Waals surface area contributed by atoms with Crippen molar-refractivity contribution in [3.8, 4) is 17.6 Å². The van der Waals surface area contributed by atoms with Gasteiger partial charge in [0.05, 0.1) is 18.2 Å². The van der Waals surface area contributed by atoms with E-state index in [4.69, 9.17) is 4.74 Å². The monoisotopic (exact) mass is 494 g/mol. The summed E-state index contributed by atoms with van der Waals surface area (Å²) in [4.78, 5) is 22.0. The number of hydrogen-bond acceptors (Lipinski definition) is 6. The van der Waals surface area contributed by atoms with Gasteiger partial charge in [-0.15, -0.1) is 0 Å². The van der Waals surface area contributed by atoms with Gasteiger partial charge in [-0.1, -0.05) is 12.0 Å². The molecule has 0 bridgehead atoms. The number of anilines is 1. The van der Waals surface area contributed by atoms with Crippen LogP contribution in [0.25, 0.3) is 10.9 Å². The van der Waals surface area contributed by atoms with Gasteiger partial charge in [0.25, 0.3) is 5.91 Å². The van der Waals surface area contributed by atoms with Crippen LogP contribution in [-0.4, -0.2) is 71.2 Å². The summed E-state index contributed by atoms with van der Waals surface area (Å²) >= 11 is 0. The minimum absolute atomic E-state index is 0.223. The molecule has 0 spiro atoms. The second kappa shape index (κ2) is 10.8. The minimum Gasteiger partial charge on any atom is -0.497 e. The Morgan fingerprint density at radius 1 is 1.08 bits per heavy atom. The minimum atomic E-state index is -0.223. The zero-order valence-electron chi connectivity index (χ0n) is 21.3. The third-order valence-corrected chi connectivity index (χ3v) is 6.68. The molecule has 5 rings (SSSR count). The number of aryl methyl sites for hydroxylation is 1. The summed E-state index contributed by atoms with van der Waals surface area (Å²) < 4.78 is 5.30. The average Bonchev–Trinajstić information content (AvgIpc) is 3.32. The maximum absolute atomic E-state index is 12.9. The predicted molar refractivity (Wildman–Crippen MR) is 145 cm³/mol. The Labute approximate surface area is 216 Å². The highest BCUT2D eigenvalue weighted by molar-refractivity contribution is 6.04. The number of aromatic amines is 1. The van der Waals surface area contributed by atoms with Gasteiger partial charge in [-0.3, -0.25) is 19.8 Å². The number of methoxy groups -OCH3 is 1. The van der Waals surface area contributed by atoms with E-state index in [1.54, 1.807) is 25.6 Å². The van der Waals surface area contributed by atoms with Crippen molar-refractivity contribution in [3.05, 3.63) is 82.8 Å². The maximum Gasteiger partial charge on any atom is 0.257 e. The van der Waals surface area contributed by atoms with Crippen molar-refractivity contribution in [2.45, 2.75) is 13.5 Å². The van der Waals surface area contributed by atoms with E-state index in [0.717, 1.165) is 60.6 Å². The molecule has 1 amide bonds. The predicted octanol–water partition coefficient (Wildman–Crippen LogP) is 3.67. The van der Waals surface area contributed by atoms with Crippen LogP contribution < -0.4 is 10.1 Å². The molecule has 0 unspecified atom stereocenters. The smallest absolute Gasteiger partial charge is 0.257 e. The number of benzene rings is 2. The van der Waals surface area contributed by atoms with E-state index in [9.17, 15) is 4.79 Å². The van der Waals surface area contributed by atoms with Crippen LogP contribution in [0.1, 0.15) is 32.7 Å². The second-order valence-electron chi connectivity index (χ2n) is 9.37. The lowest BCUT2D eigenvalue weighted by Gasteiger charge is -2.32. The SMILES string of the molecule is COc1ccc2n[nH]c(C#Cc3cncc(C(=O)Nc4ccc(CN5CCN(C)CC5)c(C)c4)c3)c2c1. The highest BCUT2D eigenvalue weighted by Gasteiger charge is 2.15. The molecule has 8 heteroatoms. The summed E-state index contributed by atoms with van der Waals surface area (Å²) in [7, 11) is 3.79. The van der Waals surface area contributed by atoms with Gasteiger partial charge in [0.1, 0.15) is 11.4 Å². The van der Waals surface area contributed by atoms with Crippen LogP contribution in [0.3, 0.4) is 0 Å². The molecule has 8 nitrogen and oxygen atoms in total. The molecule has 3 heterocycles. The number of carbonyl (C=O) groups excluding carboxylic acids is 1. The number of aromatic nitrogens is 3. The molecule has 1 saturated heterocycles. The first kappa shape index (κ1) is 24.5. The molecule has 188 valence electrons. The Kier molecular flexibility index (Phi) is 7.17. The number of amides is 1. The first-order valence-corrected chi connectivity index (χ1v) is 12.3. The molecule has 4 aromatic rings. The van der Waals surface area contributed by atoms with Gasteiger partial charge in [-0.05, 0) is 67.4 Å². The standard InChI is InChI=1S/C29H30N6O2/c1-20-14-24(6-5-22(20)19-35-12-10-34(2)11-13-35)31-29(36)23-15-21(17-30-18-23)4-8-27-26-16-25(37-3)7-9-28(26)33-32-27/h5-7,9,14-18H,10-13,19H2,1-3H3,(H,31,36)(H,32,33). The third-order valence-electron chi connectivity index (χ3n) is 6.68. The Hall–Kier alpha value is -4.19. The van der Waals surface area contributed by atoms with Gasteiger partial charge in [0.15, 0.2) is 0 Å². The number of likely N-dealkylation sites (N-methyl/N-ethyl adjacent to an activating group) is 1. The van der Waals surface area contributed by atoms with Gasteiger partial charge >= 0.3 is 0 Å². The highest BCUT2D eigenvalue weighted by atomic mass is 16.5. The lowest BCUT2D eigenvalue weighted by Crippen LogP contribution is -2.43. The largest absolute Gasteiger partial charge is 0.497 e. The number of piperazine rings is 1. The molecule has 1 aliphatic heterocycles. The Morgan fingerprint density at radius 3 is 2.70 bits per heavy atom. The number of fused-ring (bicyclic) bond motifs is 1. The van der Waals surface area contributed by atoms with Gasteiger partial charge in [-0.25, -0.2) is 0 Å². The quantitative estimate of drug-likeness (QED) is 0.412. The van der Waals surface area contributed by atoms with Crippen molar-refractivity contribution in [2.75, 3.05) is 45.7 Å². The van der Waals surface area contributed by atoms with E-state index in [-0.39, 0.29) is 5.91 Å². The van der Waals surface area contributed by atoms with Crippen LogP contribution in [0.2, 0.25) is 0 Å². The lowest BCUT2D eigenvalue weighted by molar-refractivity contribution is 0.102. The number of rotatable bonds is 5. The Morgan fingerprint density at radius 2 is 1.92 bits per heavy atom. The number of hydrogen-bond donors (Lipinski definition) is 2. The van der Waals surface area contributed by atoms with Crippen molar-refractivity contribution in [3.63, 3.8) is 0 Å². The molecule has 2 aromatic heterocycles. The van der Waals surface area contributed by atoms with E-state index in [1.165, 1.54) is 5.56 Å². The zero-order chi connectivity index (χ0) is 25.8. The number of ether oxygens (including phenoxy) is 1. The van der Waals surface area contributed by atoms with Crippen LogP contribution in [-0.2, 0) is 6.54 Å². The van der Waals surface area contributed by atoms with Crippen LogP contribution in [0.4, 0.5) is 5.69 Å². The van der Waals surface area contributed by atoms with Crippen LogP contribution >= 0.6 is 0 Å².